The Hall–Kier alpha value is -4.07. The standard InChI is InChI=1S/C29H24Cl2N2O5/c1-37-28(34)6-3-15-38-23-11-8-20(9-12-23)21-5-2-4-19(16-21)7-14-27-32-26(18-33(27)29(35)36)24-13-10-22(30)17-25(24)31/h2,4-5,7-14,16-18H,3,6,15H2,1H3,(H,35,36)/b14-7+. The van der Waals surface area contributed by atoms with Crippen LogP contribution in [0.15, 0.2) is 72.9 Å². The number of imidazole rings is 1. The number of ether oxygens (including phenoxy) is 2. The normalized spacial score (nSPS) is 11.0. The van der Waals surface area contributed by atoms with Crippen LogP contribution in [0.3, 0.4) is 0 Å². The Morgan fingerprint density at radius 3 is 2.50 bits per heavy atom. The zero-order chi connectivity index (χ0) is 27.1. The van der Waals surface area contributed by atoms with Crippen molar-refractivity contribution < 1.29 is 24.2 Å². The molecule has 0 aliphatic rings. The molecule has 0 unspecified atom stereocenters. The maximum absolute atomic E-state index is 11.8. The first kappa shape index (κ1) is 27.0. The van der Waals surface area contributed by atoms with Gasteiger partial charge in [-0.25, -0.2) is 14.3 Å². The van der Waals surface area contributed by atoms with E-state index in [4.69, 9.17) is 27.9 Å². The molecule has 0 radical (unpaired) electrons. The molecule has 0 fully saturated rings. The third kappa shape index (κ3) is 6.82. The van der Waals surface area contributed by atoms with Crippen molar-refractivity contribution >= 4 is 47.4 Å². The van der Waals surface area contributed by atoms with Crippen molar-refractivity contribution in [2.24, 2.45) is 0 Å². The molecule has 38 heavy (non-hydrogen) atoms. The summed E-state index contributed by atoms with van der Waals surface area (Å²) in [7, 11) is 1.37. The molecule has 0 amide bonds. The number of benzene rings is 3. The van der Waals surface area contributed by atoms with Gasteiger partial charge in [0.05, 0.1) is 24.4 Å². The molecule has 1 heterocycles. The van der Waals surface area contributed by atoms with Gasteiger partial charge in [0.25, 0.3) is 0 Å². The second kappa shape index (κ2) is 12.4. The molecule has 0 bridgehead atoms. The quantitative estimate of drug-likeness (QED) is 0.171. The van der Waals surface area contributed by atoms with Gasteiger partial charge in [0, 0.05) is 23.2 Å². The lowest BCUT2D eigenvalue weighted by molar-refractivity contribution is -0.140. The molecule has 1 N–H and O–H groups in total. The van der Waals surface area contributed by atoms with E-state index >= 15 is 0 Å². The van der Waals surface area contributed by atoms with Crippen LogP contribution in [0.1, 0.15) is 24.2 Å². The van der Waals surface area contributed by atoms with E-state index in [1.54, 1.807) is 30.4 Å². The Kier molecular flexibility index (Phi) is 8.84. The van der Waals surface area contributed by atoms with Gasteiger partial charge in [-0.2, -0.15) is 0 Å². The van der Waals surface area contributed by atoms with E-state index in [0.717, 1.165) is 21.3 Å². The van der Waals surface area contributed by atoms with Crippen LogP contribution in [0.5, 0.6) is 5.75 Å². The molecular formula is C29H24Cl2N2O5. The summed E-state index contributed by atoms with van der Waals surface area (Å²) in [5.41, 5.74) is 3.86. The first-order valence-corrected chi connectivity index (χ1v) is 12.5. The molecule has 0 saturated heterocycles. The molecule has 3 aromatic carbocycles. The Morgan fingerprint density at radius 2 is 1.79 bits per heavy atom. The fourth-order valence-electron chi connectivity index (χ4n) is 3.74. The van der Waals surface area contributed by atoms with E-state index in [9.17, 15) is 14.7 Å². The minimum Gasteiger partial charge on any atom is -0.494 e. The summed E-state index contributed by atoms with van der Waals surface area (Å²) in [5.74, 6) is 0.709. The first-order chi connectivity index (χ1) is 18.3. The highest BCUT2D eigenvalue weighted by molar-refractivity contribution is 6.36. The smallest absolute Gasteiger partial charge is 0.417 e. The number of esters is 1. The van der Waals surface area contributed by atoms with Gasteiger partial charge in [-0.3, -0.25) is 4.79 Å². The van der Waals surface area contributed by atoms with E-state index in [-0.39, 0.29) is 11.8 Å². The number of methoxy groups -OCH3 is 1. The molecule has 7 nitrogen and oxygen atoms in total. The van der Waals surface area contributed by atoms with E-state index in [1.807, 2.05) is 48.5 Å². The van der Waals surface area contributed by atoms with E-state index in [0.29, 0.717) is 46.5 Å². The zero-order valence-corrected chi connectivity index (χ0v) is 21.9. The Bertz CT molecular complexity index is 1480. The molecular weight excluding hydrogens is 527 g/mol. The van der Waals surface area contributed by atoms with Gasteiger partial charge in [-0.15, -0.1) is 0 Å². The molecule has 0 aliphatic carbocycles. The van der Waals surface area contributed by atoms with E-state index < -0.39 is 6.09 Å². The van der Waals surface area contributed by atoms with Crippen LogP contribution in [-0.4, -0.2) is 40.4 Å². The van der Waals surface area contributed by atoms with Gasteiger partial charge in [0.15, 0.2) is 0 Å². The van der Waals surface area contributed by atoms with Crippen LogP contribution in [-0.2, 0) is 9.53 Å². The summed E-state index contributed by atoms with van der Waals surface area (Å²) in [4.78, 5) is 27.5. The van der Waals surface area contributed by atoms with Crippen LogP contribution in [0.25, 0.3) is 34.5 Å². The predicted molar refractivity (Wildman–Crippen MR) is 149 cm³/mol. The summed E-state index contributed by atoms with van der Waals surface area (Å²) in [6, 6.07) is 20.5. The molecule has 194 valence electrons. The molecule has 0 aliphatic heterocycles. The Labute approximate surface area is 229 Å². The molecule has 9 heteroatoms. The second-order valence-electron chi connectivity index (χ2n) is 8.27. The number of carbonyl (C=O) groups excluding carboxylic acids is 1. The van der Waals surface area contributed by atoms with Crippen LogP contribution < -0.4 is 4.74 Å². The fraction of sp³-hybridized carbons (Fsp3) is 0.138. The lowest BCUT2D eigenvalue weighted by atomic mass is 10.0. The summed E-state index contributed by atoms with van der Waals surface area (Å²) < 4.78 is 11.4. The van der Waals surface area contributed by atoms with Gasteiger partial charge < -0.3 is 14.6 Å². The van der Waals surface area contributed by atoms with E-state index in [1.165, 1.54) is 13.3 Å². The minimum atomic E-state index is -1.16. The number of halogens is 2. The highest BCUT2D eigenvalue weighted by Crippen LogP contribution is 2.30. The summed E-state index contributed by atoms with van der Waals surface area (Å²) in [6.45, 7) is 0.423. The van der Waals surface area contributed by atoms with Crippen molar-refractivity contribution in [1.29, 1.82) is 0 Å². The average Bonchev–Trinajstić information content (AvgIpc) is 3.34. The van der Waals surface area contributed by atoms with Gasteiger partial charge in [0.1, 0.15) is 11.6 Å². The topological polar surface area (TPSA) is 90.7 Å². The van der Waals surface area contributed by atoms with Gasteiger partial charge in [-0.1, -0.05) is 59.6 Å². The maximum Gasteiger partial charge on any atom is 0.417 e. The number of nitrogens with zero attached hydrogens (tertiary/aromatic N) is 2. The van der Waals surface area contributed by atoms with Gasteiger partial charge in [-0.05, 0) is 65.6 Å². The Balaban J connectivity index is 1.49. The number of rotatable bonds is 9. The number of carboxylic acid groups (broad SMARTS) is 1. The second-order valence-corrected chi connectivity index (χ2v) is 9.12. The molecule has 1 aromatic heterocycles. The van der Waals surface area contributed by atoms with Crippen LogP contribution in [0.4, 0.5) is 4.79 Å². The van der Waals surface area contributed by atoms with Crippen molar-refractivity contribution in [3.8, 4) is 28.1 Å². The highest BCUT2D eigenvalue weighted by Gasteiger charge is 2.14. The fourth-order valence-corrected chi connectivity index (χ4v) is 4.24. The molecule has 0 atom stereocenters. The van der Waals surface area contributed by atoms with Crippen LogP contribution in [0, 0.1) is 0 Å². The van der Waals surface area contributed by atoms with Crippen molar-refractivity contribution in [1.82, 2.24) is 9.55 Å². The lowest BCUT2D eigenvalue weighted by Gasteiger charge is -2.08. The zero-order valence-electron chi connectivity index (χ0n) is 20.4. The maximum atomic E-state index is 11.8. The third-order valence-electron chi connectivity index (χ3n) is 5.67. The van der Waals surface area contributed by atoms with Crippen molar-refractivity contribution in [3.63, 3.8) is 0 Å². The van der Waals surface area contributed by atoms with Crippen molar-refractivity contribution in [2.75, 3.05) is 13.7 Å². The number of carbonyl (C=O) groups is 2. The van der Waals surface area contributed by atoms with Crippen molar-refractivity contribution in [2.45, 2.75) is 12.8 Å². The molecule has 4 rings (SSSR count). The Morgan fingerprint density at radius 1 is 1.00 bits per heavy atom. The van der Waals surface area contributed by atoms with Gasteiger partial charge in [0.2, 0.25) is 0 Å². The summed E-state index contributed by atoms with van der Waals surface area (Å²) >= 11 is 12.3. The SMILES string of the molecule is COC(=O)CCCOc1ccc(-c2cccc(/C=C/c3nc(-c4ccc(Cl)cc4Cl)cn3C(=O)O)c2)cc1. The van der Waals surface area contributed by atoms with Crippen molar-refractivity contribution in [3.05, 3.63) is 94.4 Å². The highest BCUT2D eigenvalue weighted by atomic mass is 35.5. The molecule has 4 aromatic rings. The average molecular weight is 551 g/mol. The summed E-state index contributed by atoms with van der Waals surface area (Å²) in [5, 5.41) is 10.5. The van der Waals surface area contributed by atoms with Crippen LogP contribution in [0.2, 0.25) is 10.0 Å². The van der Waals surface area contributed by atoms with Gasteiger partial charge >= 0.3 is 12.1 Å². The minimum absolute atomic E-state index is 0.248. The molecule has 0 saturated carbocycles. The number of hydrogen-bond acceptors (Lipinski definition) is 5. The largest absolute Gasteiger partial charge is 0.494 e. The molecule has 0 spiro atoms. The van der Waals surface area contributed by atoms with Crippen LogP contribution >= 0.6 is 23.2 Å². The van der Waals surface area contributed by atoms with E-state index in [2.05, 4.69) is 9.72 Å². The predicted octanol–water partition coefficient (Wildman–Crippen LogP) is 7.55. The monoisotopic (exact) mass is 550 g/mol. The first-order valence-electron chi connectivity index (χ1n) is 11.7. The third-order valence-corrected chi connectivity index (χ3v) is 6.21. The lowest BCUT2D eigenvalue weighted by Crippen LogP contribution is -2.08. The number of hydrogen-bond donors (Lipinski definition) is 1. The number of aromatic nitrogens is 2. The summed E-state index contributed by atoms with van der Waals surface area (Å²) in [6.07, 6.45) is 4.61.